The average molecular weight is 539 g/mol. The van der Waals surface area contributed by atoms with Crippen molar-refractivity contribution >= 4 is 45.7 Å². The Hall–Kier alpha value is -4.70. The van der Waals surface area contributed by atoms with Gasteiger partial charge in [-0.25, -0.2) is 9.48 Å². The Morgan fingerprint density at radius 2 is 1.45 bits per heavy atom. The zero-order valence-corrected chi connectivity index (χ0v) is 22.0. The Morgan fingerprint density at radius 3 is 2.17 bits per heavy atom. The number of hydrogen-bond donors (Lipinski definition) is 2. The van der Waals surface area contributed by atoms with E-state index in [1.165, 1.54) is 0 Å². The molecular formula is C30H30N6O4. The van der Waals surface area contributed by atoms with E-state index in [1.807, 2.05) is 71.4 Å². The van der Waals surface area contributed by atoms with Crippen molar-refractivity contribution in [3.63, 3.8) is 0 Å². The summed E-state index contributed by atoms with van der Waals surface area (Å²) in [5.74, 6) is 0.0258. The lowest BCUT2D eigenvalue weighted by Crippen LogP contribution is -2.41. The van der Waals surface area contributed by atoms with Crippen molar-refractivity contribution in [2.75, 3.05) is 54.9 Å². The third-order valence-electron chi connectivity index (χ3n) is 7.30. The normalized spacial score (nSPS) is 15.8. The van der Waals surface area contributed by atoms with Crippen molar-refractivity contribution in [2.24, 2.45) is 0 Å². The number of urea groups is 1. The van der Waals surface area contributed by atoms with Crippen LogP contribution in [0.3, 0.4) is 0 Å². The maximum absolute atomic E-state index is 12.9. The molecule has 1 aromatic heterocycles. The predicted octanol–water partition coefficient (Wildman–Crippen LogP) is 4.31. The van der Waals surface area contributed by atoms with E-state index in [0.29, 0.717) is 56.1 Å². The molecule has 0 aliphatic carbocycles. The van der Waals surface area contributed by atoms with Gasteiger partial charge in [-0.1, -0.05) is 0 Å². The molecule has 0 atom stereocenters. The van der Waals surface area contributed by atoms with Crippen LogP contribution in [0.15, 0.2) is 72.9 Å². The molecule has 3 aromatic carbocycles. The number of carbonyl (C=O) groups excluding carboxylic acids is 3. The van der Waals surface area contributed by atoms with Gasteiger partial charge in [0.25, 0.3) is 5.91 Å². The lowest BCUT2D eigenvalue weighted by Gasteiger charge is -2.28. The number of rotatable bonds is 5. The fraction of sp³-hybridized carbons (Fsp3) is 0.267. The second-order valence-corrected chi connectivity index (χ2v) is 9.93. The molecule has 0 unspecified atom stereocenters. The van der Waals surface area contributed by atoms with Crippen LogP contribution in [-0.4, -0.2) is 71.8 Å². The number of hydrogen-bond acceptors (Lipinski definition) is 6. The van der Waals surface area contributed by atoms with Gasteiger partial charge in [-0.2, -0.15) is 5.10 Å². The number of carbonyl (C=O) groups is 3. The van der Waals surface area contributed by atoms with Crippen molar-refractivity contribution in [3.8, 4) is 5.69 Å². The largest absolute Gasteiger partial charge is 0.378 e. The number of aromatic nitrogens is 2. The Kier molecular flexibility index (Phi) is 7.15. The Balaban J connectivity index is 1.10. The first-order valence-electron chi connectivity index (χ1n) is 13.4. The summed E-state index contributed by atoms with van der Waals surface area (Å²) < 4.78 is 7.22. The molecular weight excluding hydrogens is 508 g/mol. The number of nitrogens with zero attached hydrogens (tertiary/aromatic N) is 4. The number of benzene rings is 3. The van der Waals surface area contributed by atoms with Gasteiger partial charge < -0.3 is 25.2 Å². The molecule has 6 rings (SSSR count). The van der Waals surface area contributed by atoms with E-state index in [4.69, 9.17) is 4.74 Å². The first-order chi connectivity index (χ1) is 19.5. The molecule has 10 heteroatoms. The molecule has 2 fully saturated rings. The number of piperidine rings is 1. The molecule has 3 amide bonds. The number of ether oxygens (including phenoxy) is 1. The molecule has 2 saturated heterocycles. The smallest absolute Gasteiger partial charge is 0.321 e. The van der Waals surface area contributed by atoms with Crippen LogP contribution in [0.2, 0.25) is 0 Å². The van der Waals surface area contributed by atoms with Gasteiger partial charge in [0.2, 0.25) is 0 Å². The molecule has 4 aromatic rings. The van der Waals surface area contributed by atoms with E-state index in [1.54, 1.807) is 11.1 Å². The third-order valence-corrected chi connectivity index (χ3v) is 7.30. The molecule has 0 bridgehead atoms. The Bertz CT molecular complexity index is 1530. The Labute approximate surface area is 231 Å². The van der Waals surface area contributed by atoms with E-state index < -0.39 is 0 Å². The van der Waals surface area contributed by atoms with Crippen molar-refractivity contribution in [3.05, 3.63) is 78.5 Å². The van der Waals surface area contributed by atoms with Gasteiger partial charge in [0.15, 0.2) is 0 Å². The number of ketones is 1. The number of likely N-dealkylation sites (tertiary alicyclic amines) is 1. The van der Waals surface area contributed by atoms with Crippen LogP contribution in [0.5, 0.6) is 0 Å². The fourth-order valence-electron chi connectivity index (χ4n) is 5.01. The van der Waals surface area contributed by atoms with Gasteiger partial charge in [-0.15, -0.1) is 0 Å². The van der Waals surface area contributed by atoms with E-state index in [2.05, 4.69) is 20.6 Å². The minimum absolute atomic E-state index is 0.172. The van der Waals surface area contributed by atoms with Crippen LogP contribution in [0, 0.1) is 0 Å². The maximum Gasteiger partial charge on any atom is 0.321 e. The van der Waals surface area contributed by atoms with Gasteiger partial charge in [-0.3, -0.25) is 9.59 Å². The number of fused-ring (bicyclic) bond motifs is 1. The highest BCUT2D eigenvalue weighted by atomic mass is 16.5. The number of nitrogens with one attached hydrogen (secondary N) is 2. The lowest BCUT2D eigenvalue weighted by atomic mass is 10.1. The van der Waals surface area contributed by atoms with Crippen molar-refractivity contribution in [2.45, 2.75) is 12.8 Å². The molecule has 0 radical (unpaired) electrons. The summed E-state index contributed by atoms with van der Waals surface area (Å²) in [5.41, 5.74) is 4.77. The summed E-state index contributed by atoms with van der Waals surface area (Å²) in [7, 11) is 0. The summed E-state index contributed by atoms with van der Waals surface area (Å²) in [6.45, 7) is 4.03. The summed E-state index contributed by atoms with van der Waals surface area (Å²) in [4.78, 5) is 40.7. The molecule has 40 heavy (non-hydrogen) atoms. The van der Waals surface area contributed by atoms with Gasteiger partial charge in [0, 0.05) is 67.0 Å². The number of morpholine rings is 1. The van der Waals surface area contributed by atoms with Crippen LogP contribution >= 0.6 is 0 Å². The van der Waals surface area contributed by atoms with Gasteiger partial charge in [0.05, 0.1) is 30.6 Å². The summed E-state index contributed by atoms with van der Waals surface area (Å²) >= 11 is 0. The van der Waals surface area contributed by atoms with Crippen LogP contribution in [0.1, 0.15) is 23.2 Å². The molecule has 2 aliphatic rings. The molecule has 2 N–H and O–H groups in total. The van der Waals surface area contributed by atoms with E-state index in [0.717, 1.165) is 35.4 Å². The molecule has 0 spiro atoms. The predicted molar refractivity (Wildman–Crippen MR) is 153 cm³/mol. The van der Waals surface area contributed by atoms with Crippen molar-refractivity contribution in [1.29, 1.82) is 0 Å². The highest BCUT2D eigenvalue weighted by Gasteiger charge is 2.20. The van der Waals surface area contributed by atoms with Crippen LogP contribution in [-0.2, 0) is 9.53 Å². The molecule has 204 valence electrons. The zero-order valence-electron chi connectivity index (χ0n) is 22.0. The van der Waals surface area contributed by atoms with Gasteiger partial charge >= 0.3 is 6.03 Å². The average Bonchev–Trinajstić information content (AvgIpc) is 3.42. The zero-order chi connectivity index (χ0) is 27.5. The Morgan fingerprint density at radius 1 is 0.775 bits per heavy atom. The first-order valence-corrected chi connectivity index (χ1v) is 13.4. The standard InChI is InChI=1S/C30H30N6O4/c37-27-11-13-35(14-12-27)30(39)33-23-3-8-26(9-4-23)36-28-10-5-24(19-22(28)20-31-36)32-29(38)21-1-6-25(7-2-21)34-15-17-40-18-16-34/h1-10,19-20H,11-18H2,(H,32,38)(H,33,39). The molecule has 3 heterocycles. The second-order valence-electron chi connectivity index (χ2n) is 9.93. The fourth-order valence-corrected chi connectivity index (χ4v) is 5.01. The van der Waals surface area contributed by atoms with E-state index in [9.17, 15) is 14.4 Å². The second kappa shape index (κ2) is 11.2. The summed E-state index contributed by atoms with van der Waals surface area (Å²) in [6.07, 6.45) is 2.58. The van der Waals surface area contributed by atoms with E-state index in [-0.39, 0.29) is 17.7 Å². The van der Waals surface area contributed by atoms with Crippen LogP contribution < -0.4 is 15.5 Å². The van der Waals surface area contributed by atoms with Crippen molar-refractivity contribution < 1.29 is 19.1 Å². The summed E-state index contributed by atoms with van der Waals surface area (Å²) in [6, 6.07) is 20.5. The van der Waals surface area contributed by atoms with Gasteiger partial charge in [0.1, 0.15) is 5.78 Å². The molecule has 2 aliphatic heterocycles. The number of Topliss-reactive ketones (excluding diaryl/α,β-unsaturated/α-hetero) is 1. The minimum Gasteiger partial charge on any atom is -0.378 e. The number of anilines is 3. The van der Waals surface area contributed by atoms with Gasteiger partial charge in [-0.05, 0) is 66.7 Å². The SMILES string of the molecule is O=C1CCN(C(=O)Nc2ccc(-n3ncc4cc(NC(=O)c5ccc(N6CCOCC6)cc5)ccc43)cc2)CC1. The monoisotopic (exact) mass is 538 g/mol. The maximum atomic E-state index is 12.9. The van der Waals surface area contributed by atoms with Crippen LogP contribution in [0.25, 0.3) is 16.6 Å². The highest BCUT2D eigenvalue weighted by molar-refractivity contribution is 6.05. The first kappa shape index (κ1) is 25.6. The van der Waals surface area contributed by atoms with Crippen LogP contribution in [0.4, 0.5) is 21.9 Å². The van der Waals surface area contributed by atoms with Crippen molar-refractivity contribution in [1.82, 2.24) is 14.7 Å². The minimum atomic E-state index is -0.201. The molecule has 0 saturated carbocycles. The topological polar surface area (TPSA) is 109 Å². The lowest BCUT2D eigenvalue weighted by molar-refractivity contribution is -0.120. The quantitative estimate of drug-likeness (QED) is 0.392. The third kappa shape index (κ3) is 5.52. The molecule has 10 nitrogen and oxygen atoms in total. The summed E-state index contributed by atoms with van der Waals surface area (Å²) in [5, 5.41) is 11.3. The van der Waals surface area contributed by atoms with E-state index >= 15 is 0 Å². The highest BCUT2D eigenvalue weighted by Crippen LogP contribution is 2.24. The number of amides is 3.